The zero-order valence-electron chi connectivity index (χ0n) is 11.0. The van der Waals surface area contributed by atoms with Crippen LogP contribution in [0.3, 0.4) is 0 Å². The summed E-state index contributed by atoms with van der Waals surface area (Å²) in [5.74, 6) is 0.704. The predicted molar refractivity (Wildman–Crippen MR) is 93.5 cm³/mol. The molecule has 0 fully saturated rings. The molecule has 2 aromatic carbocycles. The lowest BCUT2D eigenvalue weighted by atomic mass is 10.2. The molecular formula is C16H12ClNOS2. The smallest absolute Gasteiger partial charge is 0.121 e. The van der Waals surface area contributed by atoms with Crippen LogP contribution in [0.15, 0.2) is 47.8 Å². The molecule has 21 heavy (non-hydrogen) atoms. The van der Waals surface area contributed by atoms with E-state index in [1.165, 1.54) is 15.6 Å². The molecule has 1 heterocycles. The second kappa shape index (κ2) is 6.02. The van der Waals surface area contributed by atoms with Gasteiger partial charge in [-0.05, 0) is 35.0 Å². The Hall–Kier alpha value is -1.62. The van der Waals surface area contributed by atoms with Crippen LogP contribution >= 0.6 is 35.2 Å². The van der Waals surface area contributed by atoms with Gasteiger partial charge in [0.05, 0.1) is 5.02 Å². The average Bonchev–Trinajstić information content (AvgIpc) is 2.88. The second-order valence-electron chi connectivity index (χ2n) is 4.55. The Morgan fingerprint density at radius 1 is 1.24 bits per heavy atom. The summed E-state index contributed by atoms with van der Waals surface area (Å²) in [6.07, 6.45) is 0. The predicted octanol–water partition coefficient (Wildman–Crippen LogP) is 4.77. The van der Waals surface area contributed by atoms with Gasteiger partial charge in [0.15, 0.2) is 0 Å². The molecule has 0 atom stereocenters. The molecule has 2 N–H and O–H groups in total. The maximum atomic E-state index is 6.13. The number of nitrogens with two attached hydrogens (primary N) is 1. The number of thiophene rings is 1. The summed E-state index contributed by atoms with van der Waals surface area (Å²) < 4.78 is 7.07. The van der Waals surface area contributed by atoms with E-state index in [1.54, 1.807) is 23.5 Å². The van der Waals surface area contributed by atoms with Crippen molar-refractivity contribution in [2.75, 3.05) is 0 Å². The largest absolute Gasteiger partial charge is 0.489 e. The molecule has 0 spiro atoms. The van der Waals surface area contributed by atoms with Crippen LogP contribution in [0.2, 0.25) is 5.02 Å². The first-order valence-corrected chi connectivity index (χ1v) is 7.99. The summed E-state index contributed by atoms with van der Waals surface area (Å²) >= 11 is 12.8. The highest BCUT2D eigenvalue weighted by Crippen LogP contribution is 2.28. The topological polar surface area (TPSA) is 35.2 Å². The zero-order chi connectivity index (χ0) is 14.8. The van der Waals surface area contributed by atoms with E-state index in [9.17, 15) is 0 Å². The number of halogens is 1. The van der Waals surface area contributed by atoms with Crippen LogP contribution in [0.25, 0.3) is 10.1 Å². The molecule has 0 saturated heterocycles. The molecule has 0 aliphatic heterocycles. The van der Waals surface area contributed by atoms with Gasteiger partial charge in [-0.1, -0.05) is 42.0 Å². The number of hydrogen-bond acceptors (Lipinski definition) is 3. The summed E-state index contributed by atoms with van der Waals surface area (Å²) in [5.41, 5.74) is 7.42. The van der Waals surface area contributed by atoms with E-state index in [-0.39, 0.29) is 4.99 Å². The lowest BCUT2D eigenvalue weighted by molar-refractivity contribution is 0.308. The van der Waals surface area contributed by atoms with Gasteiger partial charge in [-0.3, -0.25) is 0 Å². The normalized spacial score (nSPS) is 10.7. The number of ether oxygens (including phenoxy) is 1. The van der Waals surface area contributed by atoms with Crippen molar-refractivity contribution in [3.63, 3.8) is 0 Å². The third-order valence-electron chi connectivity index (χ3n) is 3.16. The van der Waals surface area contributed by atoms with Gasteiger partial charge >= 0.3 is 0 Å². The first kappa shape index (κ1) is 14.3. The first-order valence-electron chi connectivity index (χ1n) is 6.32. The van der Waals surface area contributed by atoms with E-state index in [1.807, 2.05) is 18.2 Å². The van der Waals surface area contributed by atoms with Gasteiger partial charge in [0.2, 0.25) is 0 Å². The highest BCUT2D eigenvalue weighted by Gasteiger charge is 2.07. The zero-order valence-corrected chi connectivity index (χ0v) is 13.4. The summed E-state index contributed by atoms with van der Waals surface area (Å²) in [7, 11) is 0. The maximum absolute atomic E-state index is 6.13. The third kappa shape index (κ3) is 3.02. The first-order chi connectivity index (χ1) is 10.1. The minimum Gasteiger partial charge on any atom is -0.489 e. The number of hydrogen-bond donors (Lipinski definition) is 1. The van der Waals surface area contributed by atoms with Crippen LogP contribution in [-0.4, -0.2) is 4.99 Å². The Morgan fingerprint density at radius 2 is 2.05 bits per heavy atom. The van der Waals surface area contributed by atoms with E-state index < -0.39 is 0 Å². The van der Waals surface area contributed by atoms with Crippen molar-refractivity contribution in [3.05, 3.63) is 64.0 Å². The molecule has 2 nitrogen and oxygen atoms in total. The van der Waals surface area contributed by atoms with Gasteiger partial charge in [-0.25, -0.2) is 0 Å². The fourth-order valence-electron chi connectivity index (χ4n) is 2.09. The molecular weight excluding hydrogens is 322 g/mol. The Balaban J connectivity index is 1.79. The van der Waals surface area contributed by atoms with E-state index >= 15 is 0 Å². The summed E-state index contributed by atoms with van der Waals surface area (Å²) in [5, 5.41) is 3.86. The second-order valence-corrected chi connectivity index (χ2v) is 6.31. The quantitative estimate of drug-likeness (QED) is 0.699. The fraction of sp³-hybridized carbons (Fsp3) is 0.0625. The molecule has 0 aliphatic rings. The van der Waals surface area contributed by atoms with E-state index in [0.29, 0.717) is 22.9 Å². The van der Waals surface area contributed by atoms with Crippen molar-refractivity contribution in [1.82, 2.24) is 0 Å². The van der Waals surface area contributed by atoms with Crippen LogP contribution in [0, 0.1) is 0 Å². The molecule has 0 amide bonds. The standard InChI is InChI=1S/C16H12ClNOS2/c17-14-7-11(5-6-13(14)16(18)20)19-8-10-9-21-15-4-2-1-3-12(10)15/h1-7,9H,8H2,(H2,18,20). The van der Waals surface area contributed by atoms with Crippen molar-refractivity contribution in [2.24, 2.45) is 5.73 Å². The van der Waals surface area contributed by atoms with Gasteiger partial charge in [-0.2, -0.15) is 0 Å². The molecule has 0 bridgehead atoms. The van der Waals surface area contributed by atoms with Crippen LogP contribution in [0.5, 0.6) is 5.75 Å². The number of fused-ring (bicyclic) bond motifs is 1. The lowest BCUT2D eigenvalue weighted by Crippen LogP contribution is -2.09. The Kier molecular flexibility index (Phi) is 4.10. The van der Waals surface area contributed by atoms with Gasteiger partial charge in [0.1, 0.15) is 17.3 Å². The minimum absolute atomic E-state index is 0.287. The van der Waals surface area contributed by atoms with Crippen molar-refractivity contribution in [1.29, 1.82) is 0 Å². The van der Waals surface area contributed by atoms with E-state index in [4.69, 9.17) is 34.3 Å². The van der Waals surface area contributed by atoms with Crippen molar-refractivity contribution < 1.29 is 4.74 Å². The molecule has 3 rings (SSSR count). The van der Waals surface area contributed by atoms with Crippen molar-refractivity contribution >= 4 is 50.2 Å². The maximum Gasteiger partial charge on any atom is 0.121 e. The van der Waals surface area contributed by atoms with Gasteiger partial charge in [0, 0.05) is 15.8 Å². The van der Waals surface area contributed by atoms with Crippen molar-refractivity contribution in [2.45, 2.75) is 6.61 Å². The Labute approximate surface area is 137 Å². The molecule has 0 aliphatic carbocycles. The number of thiocarbonyl (C=S) groups is 1. The fourth-order valence-corrected chi connectivity index (χ4v) is 3.54. The van der Waals surface area contributed by atoms with Crippen molar-refractivity contribution in [3.8, 4) is 5.75 Å². The summed E-state index contributed by atoms with van der Waals surface area (Å²) in [6.45, 7) is 0.507. The van der Waals surface area contributed by atoms with Crippen LogP contribution < -0.4 is 10.5 Å². The lowest BCUT2D eigenvalue weighted by Gasteiger charge is -2.08. The van der Waals surface area contributed by atoms with Gasteiger partial charge in [-0.15, -0.1) is 11.3 Å². The van der Waals surface area contributed by atoms with Gasteiger partial charge in [0.25, 0.3) is 0 Å². The minimum atomic E-state index is 0.287. The molecule has 0 radical (unpaired) electrons. The molecule has 3 aromatic rings. The number of benzene rings is 2. The molecule has 106 valence electrons. The SMILES string of the molecule is NC(=S)c1ccc(OCc2csc3ccccc23)cc1Cl. The Bertz CT molecular complexity index is 813. The van der Waals surface area contributed by atoms with Gasteiger partial charge < -0.3 is 10.5 Å². The molecule has 0 unspecified atom stereocenters. The highest BCUT2D eigenvalue weighted by atomic mass is 35.5. The van der Waals surface area contributed by atoms with Crippen LogP contribution in [0.1, 0.15) is 11.1 Å². The van der Waals surface area contributed by atoms with Crippen LogP contribution in [-0.2, 0) is 6.61 Å². The van der Waals surface area contributed by atoms with E-state index in [2.05, 4.69) is 17.5 Å². The van der Waals surface area contributed by atoms with Crippen LogP contribution in [0.4, 0.5) is 0 Å². The van der Waals surface area contributed by atoms with E-state index in [0.717, 1.165) is 0 Å². The monoisotopic (exact) mass is 333 g/mol. The highest BCUT2D eigenvalue weighted by molar-refractivity contribution is 7.80. The Morgan fingerprint density at radius 3 is 2.81 bits per heavy atom. The summed E-state index contributed by atoms with van der Waals surface area (Å²) in [6, 6.07) is 13.6. The number of rotatable bonds is 4. The average molecular weight is 334 g/mol. The third-order valence-corrected chi connectivity index (χ3v) is 4.71. The molecule has 5 heteroatoms. The summed E-state index contributed by atoms with van der Waals surface area (Å²) in [4.78, 5) is 0.287. The molecule has 0 saturated carbocycles. The molecule has 1 aromatic heterocycles.